The van der Waals surface area contributed by atoms with E-state index in [9.17, 15) is 0 Å². The Bertz CT molecular complexity index is 916. The molecule has 135 valence electrons. The zero-order valence-electron chi connectivity index (χ0n) is 15.6. The van der Waals surface area contributed by atoms with E-state index in [1.807, 2.05) is 0 Å². The van der Waals surface area contributed by atoms with E-state index in [1.165, 1.54) is 16.7 Å². The van der Waals surface area contributed by atoms with Gasteiger partial charge in [-0.05, 0) is 0 Å². The summed E-state index contributed by atoms with van der Waals surface area (Å²) < 4.78 is 3.39. The fraction of sp³-hybridized carbons (Fsp3) is 0.261. The molecule has 0 saturated heterocycles. The van der Waals surface area contributed by atoms with Gasteiger partial charge in [-0.2, -0.15) is 0 Å². The third kappa shape index (κ3) is 3.77. The smallest absolute Gasteiger partial charge is 0.147 e. The summed E-state index contributed by atoms with van der Waals surface area (Å²) in [6.45, 7) is 6.95. The summed E-state index contributed by atoms with van der Waals surface area (Å²) in [6, 6.07) is 13.8. The summed E-state index contributed by atoms with van der Waals surface area (Å²) in [5.74, 6) is 0. The van der Waals surface area contributed by atoms with Crippen LogP contribution in [0.25, 0.3) is 16.7 Å². The first-order chi connectivity index (χ1) is 11.7. The molecule has 3 heteroatoms. The van der Waals surface area contributed by atoms with E-state index in [2.05, 4.69) is 69.3 Å². The Hall–Kier alpha value is -0.747. The summed E-state index contributed by atoms with van der Waals surface area (Å²) in [4.78, 5) is 0. The van der Waals surface area contributed by atoms with Crippen molar-refractivity contribution in [2.75, 3.05) is 0 Å². The molecule has 0 atom stereocenters. The van der Waals surface area contributed by atoms with E-state index >= 15 is 0 Å². The van der Waals surface area contributed by atoms with E-state index in [0.29, 0.717) is 0 Å². The Labute approximate surface area is 180 Å². The first-order valence-electron chi connectivity index (χ1n) is 8.89. The topological polar surface area (TPSA) is 0 Å². The summed E-state index contributed by atoms with van der Waals surface area (Å²) in [7, 11) is 0. The molecule has 2 aliphatic carbocycles. The van der Waals surface area contributed by atoms with E-state index in [-0.39, 0.29) is 24.8 Å². The van der Waals surface area contributed by atoms with Crippen LogP contribution in [-0.2, 0) is 29.2 Å². The zero-order chi connectivity index (χ0) is 16.7. The van der Waals surface area contributed by atoms with Gasteiger partial charge in [-0.3, -0.25) is 0 Å². The molecule has 0 radical (unpaired) electrons. The largest absolute Gasteiger partial charge is 0.147 e. The van der Waals surface area contributed by atoms with Crippen molar-refractivity contribution in [2.45, 2.75) is 40.0 Å². The summed E-state index contributed by atoms with van der Waals surface area (Å²) in [5.41, 5.74) is 10.8. The minimum Gasteiger partial charge on any atom is -0.147 e. The number of hydrogen-bond acceptors (Lipinski definition) is 0. The molecule has 0 amide bonds. The van der Waals surface area contributed by atoms with Crippen molar-refractivity contribution in [1.82, 2.24) is 0 Å². The van der Waals surface area contributed by atoms with Crippen LogP contribution in [0.2, 0.25) is 0 Å². The Morgan fingerprint density at radius 2 is 1.69 bits per heavy atom. The van der Waals surface area contributed by atoms with Gasteiger partial charge < -0.3 is 0 Å². The second-order valence-corrected chi connectivity index (χ2v) is 11.2. The second kappa shape index (κ2) is 8.96. The van der Waals surface area contributed by atoms with Crippen LogP contribution in [-0.4, -0.2) is 3.21 Å². The van der Waals surface area contributed by atoms with Gasteiger partial charge in [0.2, 0.25) is 0 Å². The molecule has 0 heterocycles. The standard InChI is InChI=1S/C20H17.C3H6.2ClH.Zr/c1-2-14-7-5-9-18(14)16-10-11-20-17(13-16)12-15-6-3-4-8-19(15)20;1-3-2;;;/h3-8,10-11H,2,9,12H2,1H3;1-2H3;2*1H;. The maximum atomic E-state index is 2.43. The molecular weight excluding hydrogens is 438 g/mol. The number of rotatable bonds is 3. The quantitative estimate of drug-likeness (QED) is 0.437. The van der Waals surface area contributed by atoms with Crippen LogP contribution in [0.3, 0.4) is 0 Å². The predicted octanol–water partition coefficient (Wildman–Crippen LogP) is 6.14. The normalized spacial score (nSPS) is 13.5. The third-order valence-electron chi connectivity index (χ3n) is 5.10. The Morgan fingerprint density at radius 3 is 2.42 bits per heavy atom. The average Bonchev–Trinajstić information content (AvgIpc) is 3.18. The Kier molecular flexibility index (Phi) is 7.43. The predicted molar refractivity (Wildman–Crippen MR) is 116 cm³/mol. The van der Waals surface area contributed by atoms with Gasteiger partial charge in [-0.15, -0.1) is 24.8 Å². The minimum atomic E-state index is -0.674. The molecule has 0 nitrogen and oxygen atoms in total. The molecule has 2 aromatic carbocycles. The Morgan fingerprint density at radius 1 is 0.962 bits per heavy atom. The first kappa shape index (κ1) is 21.6. The van der Waals surface area contributed by atoms with Crippen molar-refractivity contribution < 1.29 is 22.8 Å². The molecule has 0 fully saturated rings. The van der Waals surface area contributed by atoms with Gasteiger partial charge in [0.25, 0.3) is 0 Å². The Balaban J connectivity index is 0.00000121. The number of fused-ring (bicyclic) bond motifs is 3. The van der Waals surface area contributed by atoms with Crippen LogP contribution in [0.1, 0.15) is 50.3 Å². The van der Waals surface area contributed by atoms with Crippen LogP contribution >= 0.6 is 24.8 Å². The molecule has 26 heavy (non-hydrogen) atoms. The molecular formula is C23H25Cl2Zr. The average molecular weight is 464 g/mol. The van der Waals surface area contributed by atoms with Gasteiger partial charge in [0, 0.05) is 0 Å². The van der Waals surface area contributed by atoms with Crippen molar-refractivity contribution in [2.24, 2.45) is 0 Å². The number of benzene rings is 2. The van der Waals surface area contributed by atoms with Crippen LogP contribution in [0.5, 0.6) is 0 Å². The van der Waals surface area contributed by atoms with Crippen LogP contribution in [0.4, 0.5) is 0 Å². The molecule has 2 aromatic rings. The van der Waals surface area contributed by atoms with Crippen molar-refractivity contribution in [1.29, 1.82) is 0 Å². The van der Waals surface area contributed by atoms with Crippen LogP contribution in [0.15, 0.2) is 54.1 Å². The number of allylic oxidation sites excluding steroid dienone is 4. The van der Waals surface area contributed by atoms with Crippen molar-refractivity contribution in [3.05, 3.63) is 70.8 Å². The molecule has 0 N–H and O–H groups in total. The molecule has 0 bridgehead atoms. The molecule has 0 saturated carbocycles. The van der Waals surface area contributed by atoms with E-state index < -0.39 is 22.8 Å². The van der Waals surface area contributed by atoms with Gasteiger partial charge in [-0.25, -0.2) is 0 Å². The zero-order valence-corrected chi connectivity index (χ0v) is 19.6. The van der Waals surface area contributed by atoms with E-state index in [1.54, 1.807) is 28.8 Å². The molecule has 0 aromatic heterocycles. The van der Waals surface area contributed by atoms with E-state index in [4.69, 9.17) is 0 Å². The van der Waals surface area contributed by atoms with Gasteiger partial charge in [-0.1, -0.05) is 0 Å². The van der Waals surface area contributed by atoms with Crippen molar-refractivity contribution in [3.63, 3.8) is 0 Å². The molecule has 0 aliphatic heterocycles. The monoisotopic (exact) mass is 461 g/mol. The van der Waals surface area contributed by atoms with Gasteiger partial charge in [0.05, 0.1) is 0 Å². The minimum absolute atomic E-state index is 0. The fourth-order valence-corrected chi connectivity index (χ4v) is 7.08. The summed E-state index contributed by atoms with van der Waals surface area (Å²) in [6.07, 6.45) is 8.07. The van der Waals surface area contributed by atoms with Crippen LogP contribution < -0.4 is 3.27 Å². The SMILES string of the molecule is CCC1=C(c2ccc3c([c]2[Zr]=[C](C)C)Cc2ccccc2-3)CC=C1.Cl.Cl. The van der Waals surface area contributed by atoms with Crippen LogP contribution in [0, 0.1) is 0 Å². The second-order valence-electron chi connectivity index (χ2n) is 6.94. The fourth-order valence-electron chi connectivity index (χ4n) is 4.02. The third-order valence-corrected chi connectivity index (χ3v) is 8.34. The van der Waals surface area contributed by atoms with Gasteiger partial charge in [0.1, 0.15) is 0 Å². The van der Waals surface area contributed by atoms with Gasteiger partial charge >= 0.3 is 157 Å². The van der Waals surface area contributed by atoms with E-state index in [0.717, 1.165) is 19.3 Å². The van der Waals surface area contributed by atoms with Gasteiger partial charge in [0.15, 0.2) is 0 Å². The summed E-state index contributed by atoms with van der Waals surface area (Å²) >= 11 is -0.674. The summed E-state index contributed by atoms with van der Waals surface area (Å²) in [5, 5.41) is 0. The maximum absolute atomic E-state index is 2.43. The maximum Gasteiger partial charge on any atom is -0.147 e. The number of hydrogen-bond donors (Lipinski definition) is 0. The molecule has 0 spiro atoms. The number of halogens is 2. The molecule has 0 unspecified atom stereocenters. The molecule has 2 aliphatic rings. The van der Waals surface area contributed by atoms with Crippen molar-refractivity contribution in [3.8, 4) is 11.1 Å². The van der Waals surface area contributed by atoms with Crippen molar-refractivity contribution >= 4 is 36.9 Å². The molecule has 4 rings (SSSR count). The first-order valence-corrected chi connectivity index (χ1v) is 11.3.